The van der Waals surface area contributed by atoms with E-state index in [2.05, 4.69) is 10.3 Å². The Balaban J connectivity index is 1.38. The summed E-state index contributed by atoms with van der Waals surface area (Å²) < 4.78 is 13.4. The minimum Gasteiger partial charge on any atom is -0.334 e. The number of likely N-dealkylation sites (tertiary alicyclic amines) is 1. The first-order chi connectivity index (χ1) is 15.2. The van der Waals surface area contributed by atoms with Crippen molar-refractivity contribution in [3.8, 4) is 0 Å². The lowest BCUT2D eigenvalue weighted by Gasteiger charge is -2.25. The van der Waals surface area contributed by atoms with Crippen molar-refractivity contribution in [1.29, 1.82) is 0 Å². The molecule has 0 radical (unpaired) electrons. The molecule has 0 aliphatic carbocycles. The van der Waals surface area contributed by atoms with Crippen LogP contribution >= 0.6 is 0 Å². The molecular formula is C24H27FN4O3. The second kappa shape index (κ2) is 8.68. The summed E-state index contributed by atoms with van der Waals surface area (Å²) in [6.45, 7) is 3.99. The van der Waals surface area contributed by atoms with Crippen molar-refractivity contribution in [3.05, 3.63) is 65.2 Å². The summed E-state index contributed by atoms with van der Waals surface area (Å²) in [5, 5.41) is 2.63. The first-order valence-corrected chi connectivity index (χ1v) is 10.9. The van der Waals surface area contributed by atoms with Crippen molar-refractivity contribution < 1.29 is 18.8 Å². The van der Waals surface area contributed by atoms with E-state index in [0.29, 0.717) is 13.0 Å². The largest absolute Gasteiger partial charge is 0.334 e. The summed E-state index contributed by atoms with van der Waals surface area (Å²) in [6.07, 6.45) is 4.14. The molecule has 2 aliphatic heterocycles. The molecule has 0 spiro atoms. The summed E-state index contributed by atoms with van der Waals surface area (Å²) in [6, 6.07) is 9.80. The van der Waals surface area contributed by atoms with Crippen molar-refractivity contribution >= 4 is 17.8 Å². The molecule has 1 aromatic carbocycles. The van der Waals surface area contributed by atoms with Crippen LogP contribution < -0.4 is 5.32 Å². The van der Waals surface area contributed by atoms with E-state index < -0.39 is 11.6 Å². The number of hydrogen-bond donors (Lipinski definition) is 1. The van der Waals surface area contributed by atoms with Gasteiger partial charge in [-0.05, 0) is 62.4 Å². The molecular weight excluding hydrogens is 411 g/mol. The van der Waals surface area contributed by atoms with Crippen molar-refractivity contribution in [2.75, 3.05) is 13.1 Å². The van der Waals surface area contributed by atoms with Crippen molar-refractivity contribution in [3.63, 3.8) is 0 Å². The number of aromatic nitrogens is 1. The van der Waals surface area contributed by atoms with Gasteiger partial charge in [0.2, 0.25) is 5.91 Å². The molecule has 1 atom stereocenters. The fraction of sp³-hybridized carbons (Fsp3) is 0.417. The maximum atomic E-state index is 13.4. The van der Waals surface area contributed by atoms with Crippen LogP contribution in [0.2, 0.25) is 0 Å². The van der Waals surface area contributed by atoms with Gasteiger partial charge in [-0.25, -0.2) is 9.18 Å². The molecule has 168 valence electrons. The normalized spacial score (nSPS) is 20.0. The Morgan fingerprint density at radius 1 is 1.22 bits per heavy atom. The average molecular weight is 439 g/mol. The van der Waals surface area contributed by atoms with Crippen LogP contribution in [0.4, 0.5) is 9.18 Å². The summed E-state index contributed by atoms with van der Waals surface area (Å²) in [7, 11) is 0. The molecule has 1 N–H and O–H groups in total. The number of halogens is 1. The van der Waals surface area contributed by atoms with Crippen LogP contribution in [0.5, 0.6) is 0 Å². The predicted molar refractivity (Wildman–Crippen MR) is 116 cm³/mol. The van der Waals surface area contributed by atoms with Gasteiger partial charge in [0.05, 0.1) is 11.7 Å². The van der Waals surface area contributed by atoms with Crippen molar-refractivity contribution in [2.45, 2.75) is 51.1 Å². The van der Waals surface area contributed by atoms with Crippen LogP contribution in [0.25, 0.3) is 0 Å². The molecule has 4 amide bonds. The van der Waals surface area contributed by atoms with E-state index in [4.69, 9.17) is 0 Å². The first-order valence-electron chi connectivity index (χ1n) is 10.9. The zero-order valence-electron chi connectivity index (χ0n) is 18.3. The number of carbonyl (C=O) groups excluding carboxylic acids is 3. The lowest BCUT2D eigenvalue weighted by atomic mass is 10.0. The Hall–Kier alpha value is -3.29. The molecule has 2 aliphatic rings. The summed E-state index contributed by atoms with van der Waals surface area (Å²) in [4.78, 5) is 44.7. The fourth-order valence-corrected chi connectivity index (χ4v) is 4.37. The lowest BCUT2D eigenvalue weighted by Crippen LogP contribution is -2.41. The number of imide groups is 1. The Bertz CT molecular complexity index is 1040. The van der Waals surface area contributed by atoms with Gasteiger partial charge in [-0.1, -0.05) is 18.2 Å². The number of hydrogen-bond acceptors (Lipinski definition) is 4. The highest BCUT2D eigenvalue weighted by Gasteiger charge is 2.44. The topological polar surface area (TPSA) is 82.6 Å². The number of amides is 4. The summed E-state index contributed by atoms with van der Waals surface area (Å²) in [5.74, 6) is -0.670. The van der Waals surface area contributed by atoms with E-state index in [1.54, 1.807) is 31.0 Å². The zero-order chi connectivity index (χ0) is 22.9. The quantitative estimate of drug-likeness (QED) is 0.703. The highest BCUT2D eigenvalue weighted by atomic mass is 19.1. The van der Waals surface area contributed by atoms with Crippen LogP contribution in [-0.2, 0) is 16.0 Å². The Labute approximate surface area is 186 Å². The Kier molecular flexibility index (Phi) is 5.95. The van der Waals surface area contributed by atoms with E-state index in [1.165, 1.54) is 12.1 Å². The van der Waals surface area contributed by atoms with Gasteiger partial charge < -0.3 is 10.2 Å². The molecule has 32 heavy (non-hydrogen) atoms. The molecule has 2 saturated heterocycles. The monoisotopic (exact) mass is 438 g/mol. The van der Waals surface area contributed by atoms with Gasteiger partial charge in [-0.15, -0.1) is 0 Å². The zero-order valence-corrected chi connectivity index (χ0v) is 18.3. The number of carbonyl (C=O) groups is 3. The van der Waals surface area contributed by atoms with Gasteiger partial charge in [-0.2, -0.15) is 0 Å². The van der Waals surface area contributed by atoms with Gasteiger partial charge in [0.15, 0.2) is 0 Å². The van der Waals surface area contributed by atoms with Gasteiger partial charge in [0.25, 0.3) is 5.91 Å². The first kappa shape index (κ1) is 21.9. The molecule has 1 aromatic heterocycles. The van der Waals surface area contributed by atoms with Gasteiger partial charge in [0, 0.05) is 25.7 Å². The Morgan fingerprint density at radius 2 is 2.03 bits per heavy atom. The van der Waals surface area contributed by atoms with Crippen molar-refractivity contribution in [1.82, 2.24) is 20.1 Å². The minimum absolute atomic E-state index is 0.0656. The molecule has 8 heteroatoms. The van der Waals surface area contributed by atoms with E-state index in [1.807, 2.05) is 18.2 Å². The molecule has 0 saturated carbocycles. The summed E-state index contributed by atoms with van der Waals surface area (Å²) >= 11 is 0. The SMILES string of the molecule is CC1(C)NC(=O)N(CCC(=O)N2CCCC2c2ccc(Cc3cccc(F)c3)cn2)C1=O. The lowest BCUT2D eigenvalue weighted by molar-refractivity contribution is -0.134. The number of urea groups is 1. The predicted octanol–water partition coefficient (Wildman–Crippen LogP) is 3.20. The molecule has 4 rings (SSSR count). The van der Waals surface area contributed by atoms with E-state index in [0.717, 1.165) is 34.6 Å². The second-order valence-electron chi connectivity index (χ2n) is 8.91. The van der Waals surface area contributed by atoms with E-state index in [-0.39, 0.29) is 36.6 Å². The standard InChI is InChI=1S/C24H27FN4O3/c1-24(2)22(31)29(23(32)27-24)12-10-21(30)28-11-4-7-20(28)19-9-8-17(15-26-19)13-16-5-3-6-18(25)14-16/h3,5-6,8-9,14-15,20H,4,7,10-13H2,1-2H3,(H,27,32). The third-order valence-corrected chi connectivity index (χ3v) is 6.05. The van der Waals surface area contributed by atoms with Crippen molar-refractivity contribution in [2.24, 2.45) is 0 Å². The highest BCUT2D eigenvalue weighted by molar-refractivity contribution is 6.06. The molecule has 1 unspecified atom stereocenters. The van der Waals surface area contributed by atoms with Crippen LogP contribution in [0.15, 0.2) is 42.6 Å². The Morgan fingerprint density at radius 3 is 2.69 bits per heavy atom. The average Bonchev–Trinajstić information content (AvgIpc) is 3.30. The molecule has 3 heterocycles. The number of rotatable bonds is 6. The van der Waals surface area contributed by atoms with Crippen LogP contribution in [0, 0.1) is 5.82 Å². The van der Waals surface area contributed by atoms with E-state index in [9.17, 15) is 18.8 Å². The highest BCUT2D eigenvalue weighted by Crippen LogP contribution is 2.31. The smallest absolute Gasteiger partial charge is 0.325 e. The fourth-order valence-electron chi connectivity index (χ4n) is 4.37. The number of nitrogens with one attached hydrogen (secondary N) is 1. The van der Waals surface area contributed by atoms with Crippen LogP contribution in [-0.4, -0.2) is 51.3 Å². The van der Waals surface area contributed by atoms with Crippen LogP contribution in [0.3, 0.4) is 0 Å². The minimum atomic E-state index is -0.937. The molecule has 2 fully saturated rings. The third kappa shape index (κ3) is 4.49. The maximum Gasteiger partial charge on any atom is 0.325 e. The molecule has 0 bridgehead atoms. The number of pyridine rings is 1. The van der Waals surface area contributed by atoms with Gasteiger partial charge in [0.1, 0.15) is 11.4 Å². The van der Waals surface area contributed by atoms with E-state index >= 15 is 0 Å². The van der Waals surface area contributed by atoms with Gasteiger partial charge >= 0.3 is 6.03 Å². The number of benzene rings is 1. The number of nitrogens with zero attached hydrogens (tertiary/aromatic N) is 3. The van der Waals surface area contributed by atoms with Crippen LogP contribution in [0.1, 0.15) is 56.0 Å². The second-order valence-corrected chi connectivity index (χ2v) is 8.91. The molecule has 2 aromatic rings. The summed E-state index contributed by atoms with van der Waals surface area (Å²) in [5.41, 5.74) is 1.72. The maximum absolute atomic E-state index is 13.4. The van der Waals surface area contributed by atoms with Gasteiger partial charge in [-0.3, -0.25) is 19.5 Å². The third-order valence-electron chi connectivity index (χ3n) is 6.05. The molecule has 7 nitrogen and oxygen atoms in total.